The quantitative estimate of drug-likeness (QED) is 0.483. The summed E-state index contributed by atoms with van der Waals surface area (Å²) >= 11 is 0. The minimum Gasteiger partial charge on any atom is -0.504 e. The molecule has 2 aliphatic rings. The molecule has 1 aliphatic heterocycles. The highest BCUT2D eigenvalue weighted by Crippen LogP contribution is 2.38. The first-order valence-electron chi connectivity index (χ1n) is 11.2. The van der Waals surface area contributed by atoms with Crippen molar-refractivity contribution in [1.29, 1.82) is 0 Å². The Labute approximate surface area is 189 Å². The van der Waals surface area contributed by atoms with E-state index in [2.05, 4.69) is 20.3 Å². The van der Waals surface area contributed by atoms with Gasteiger partial charge in [0, 0.05) is 48.9 Å². The van der Waals surface area contributed by atoms with E-state index in [1.54, 1.807) is 25.4 Å². The third-order valence-corrected chi connectivity index (χ3v) is 6.76. The van der Waals surface area contributed by atoms with E-state index in [0.29, 0.717) is 22.2 Å². The molecule has 1 saturated heterocycles. The van der Waals surface area contributed by atoms with Crippen LogP contribution in [-0.2, 0) is 7.05 Å². The summed E-state index contributed by atoms with van der Waals surface area (Å²) in [7, 11) is 1.71. The van der Waals surface area contributed by atoms with Crippen molar-refractivity contribution in [1.82, 2.24) is 25.1 Å². The second-order valence-electron chi connectivity index (χ2n) is 9.22. The maximum atomic E-state index is 14.7. The van der Waals surface area contributed by atoms with E-state index in [1.165, 1.54) is 4.68 Å². The van der Waals surface area contributed by atoms with Crippen molar-refractivity contribution >= 4 is 27.8 Å². The van der Waals surface area contributed by atoms with Gasteiger partial charge in [-0.1, -0.05) is 0 Å². The molecule has 170 valence electrons. The SMILES string of the molecule is Cn1cc2cc(-c3ccc4nc(N5CC[C@H](NC6(CF)CC6)C5)ccc4n3)c(O)c(F)c2n1. The average Bonchev–Trinajstić information content (AvgIpc) is 3.25. The number of halogens is 2. The van der Waals surface area contributed by atoms with Crippen LogP contribution in [-0.4, -0.2) is 56.2 Å². The largest absolute Gasteiger partial charge is 0.504 e. The van der Waals surface area contributed by atoms with Crippen molar-refractivity contribution in [2.24, 2.45) is 7.05 Å². The maximum absolute atomic E-state index is 14.7. The zero-order valence-electron chi connectivity index (χ0n) is 18.2. The Hall–Kier alpha value is -3.33. The van der Waals surface area contributed by atoms with Crippen LogP contribution in [0.4, 0.5) is 14.6 Å². The van der Waals surface area contributed by atoms with Crippen LogP contribution in [0, 0.1) is 5.82 Å². The normalized spacial score (nSPS) is 19.6. The van der Waals surface area contributed by atoms with Crippen LogP contribution in [0.25, 0.3) is 33.2 Å². The summed E-state index contributed by atoms with van der Waals surface area (Å²) in [6, 6.07) is 9.35. The molecule has 4 aromatic rings. The van der Waals surface area contributed by atoms with E-state index in [-0.39, 0.29) is 23.8 Å². The Morgan fingerprint density at radius 1 is 1.18 bits per heavy atom. The number of benzene rings is 1. The number of hydrogen-bond acceptors (Lipinski definition) is 6. The summed E-state index contributed by atoms with van der Waals surface area (Å²) in [4.78, 5) is 11.6. The first-order valence-corrected chi connectivity index (χ1v) is 11.2. The molecule has 2 N–H and O–H groups in total. The third-order valence-electron chi connectivity index (χ3n) is 6.76. The van der Waals surface area contributed by atoms with Crippen LogP contribution in [0.3, 0.4) is 0 Å². The van der Waals surface area contributed by atoms with Gasteiger partial charge in [-0.2, -0.15) is 5.10 Å². The molecule has 33 heavy (non-hydrogen) atoms. The molecule has 0 bridgehead atoms. The van der Waals surface area contributed by atoms with E-state index in [9.17, 15) is 13.9 Å². The summed E-state index contributed by atoms with van der Waals surface area (Å²) in [5.41, 5.74) is 1.99. The molecule has 0 unspecified atom stereocenters. The molecule has 1 aliphatic carbocycles. The van der Waals surface area contributed by atoms with Gasteiger partial charge in [0.2, 0.25) is 0 Å². The number of aryl methyl sites for hydroxylation is 1. The van der Waals surface area contributed by atoms with Crippen molar-refractivity contribution in [2.45, 2.75) is 30.8 Å². The van der Waals surface area contributed by atoms with Gasteiger partial charge in [0.25, 0.3) is 0 Å². The molecule has 0 amide bonds. The number of hydrogen-bond donors (Lipinski definition) is 2. The standard InChI is InChI=1S/C24H24F2N6O/c1-31-11-14-10-16(23(33)21(26)22(14)30-31)17-2-3-19-18(27-17)4-5-20(28-19)32-9-6-15(12-32)29-24(13-25)7-8-24/h2-5,10-11,15,29,33H,6-9,12-13H2,1H3/t15-/m0/s1. The van der Waals surface area contributed by atoms with Crippen LogP contribution in [0.5, 0.6) is 5.75 Å². The molecule has 6 rings (SSSR count). The van der Waals surface area contributed by atoms with Gasteiger partial charge in [-0.25, -0.2) is 18.7 Å². The van der Waals surface area contributed by atoms with E-state index in [1.807, 2.05) is 18.2 Å². The zero-order chi connectivity index (χ0) is 22.7. The zero-order valence-corrected chi connectivity index (χ0v) is 18.2. The Kier molecular flexibility index (Phi) is 4.52. The molecule has 0 radical (unpaired) electrons. The maximum Gasteiger partial charge on any atom is 0.193 e. The lowest BCUT2D eigenvalue weighted by Crippen LogP contribution is -2.43. The van der Waals surface area contributed by atoms with Gasteiger partial charge in [-0.3, -0.25) is 4.68 Å². The van der Waals surface area contributed by atoms with Crippen molar-refractivity contribution in [2.75, 3.05) is 24.7 Å². The van der Waals surface area contributed by atoms with Gasteiger partial charge < -0.3 is 15.3 Å². The number of phenols is 1. The summed E-state index contributed by atoms with van der Waals surface area (Å²) < 4.78 is 29.4. The van der Waals surface area contributed by atoms with Gasteiger partial charge in [0.15, 0.2) is 11.6 Å². The summed E-state index contributed by atoms with van der Waals surface area (Å²) in [6.07, 6.45) is 4.48. The molecule has 1 saturated carbocycles. The van der Waals surface area contributed by atoms with Crippen LogP contribution in [0.1, 0.15) is 19.3 Å². The molecular weight excluding hydrogens is 426 g/mol. The molecule has 0 spiro atoms. The minimum atomic E-state index is -0.753. The molecule has 4 heterocycles. The highest BCUT2D eigenvalue weighted by atomic mass is 19.1. The predicted molar refractivity (Wildman–Crippen MR) is 123 cm³/mol. The third kappa shape index (κ3) is 3.47. The van der Waals surface area contributed by atoms with Crippen LogP contribution in [0.2, 0.25) is 0 Å². The Balaban J connectivity index is 1.28. The van der Waals surface area contributed by atoms with Gasteiger partial charge in [-0.15, -0.1) is 0 Å². The van der Waals surface area contributed by atoms with Crippen LogP contribution in [0.15, 0.2) is 36.5 Å². The number of phenolic OH excluding ortho intramolecular Hbond substituents is 1. The number of pyridine rings is 2. The molecule has 1 aromatic carbocycles. The van der Waals surface area contributed by atoms with Crippen molar-refractivity contribution < 1.29 is 13.9 Å². The van der Waals surface area contributed by atoms with Crippen LogP contribution >= 0.6 is 0 Å². The number of aromatic hydroxyl groups is 1. The average molecular weight is 450 g/mol. The number of anilines is 1. The smallest absolute Gasteiger partial charge is 0.193 e. The van der Waals surface area contributed by atoms with Gasteiger partial charge in [-0.05, 0) is 49.6 Å². The molecule has 2 fully saturated rings. The van der Waals surface area contributed by atoms with E-state index in [4.69, 9.17) is 4.98 Å². The highest BCUT2D eigenvalue weighted by molar-refractivity contribution is 5.89. The van der Waals surface area contributed by atoms with E-state index in [0.717, 1.165) is 43.7 Å². The summed E-state index contributed by atoms with van der Waals surface area (Å²) in [5, 5.41) is 18.6. The first-order chi connectivity index (χ1) is 15.9. The fourth-order valence-electron chi connectivity index (χ4n) is 4.74. The molecular formula is C24H24F2N6O. The molecule has 9 heteroatoms. The Morgan fingerprint density at radius 3 is 2.76 bits per heavy atom. The number of aromatic nitrogens is 4. The Morgan fingerprint density at radius 2 is 1.97 bits per heavy atom. The highest BCUT2D eigenvalue weighted by Gasteiger charge is 2.45. The summed E-state index contributed by atoms with van der Waals surface area (Å²) in [5.74, 6) is -0.358. The number of rotatable bonds is 5. The van der Waals surface area contributed by atoms with Crippen molar-refractivity contribution in [3.05, 3.63) is 42.3 Å². The second kappa shape index (κ2) is 7.34. The van der Waals surface area contributed by atoms with Gasteiger partial charge in [0.05, 0.1) is 16.7 Å². The fraction of sp³-hybridized carbons (Fsp3) is 0.375. The lowest BCUT2D eigenvalue weighted by atomic mass is 10.1. The first kappa shape index (κ1) is 20.3. The van der Waals surface area contributed by atoms with E-state index >= 15 is 0 Å². The molecule has 3 aromatic heterocycles. The second-order valence-corrected chi connectivity index (χ2v) is 9.22. The van der Waals surface area contributed by atoms with Crippen molar-refractivity contribution in [3.8, 4) is 17.0 Å². The van der Waals surface area contributed by atoms with Crippen LogP contribution < -0.4 is 10.2 Å². The Bertz CT molecular complexity index is 1380. The number of alkyl halides is 1. The predicted octanol–water partition coefficient (Wildman–Crippen LogP) is 3.70. The van der Waals surface area contributed by atoms with Crippen molar-refractivity contribution in [3.63, 3.8) is 0 Å². The van der Waals surface area contributed by atoms with E-state index < -0.39 is 11.6 Å². The summed E-state index contributed by atoms with van der Waals surface area (Å²) in [6.45, 7) is 1.35. The van der Waals surface area contributed by atoms with Gasteiger partial charge in [0.1, 0.15) is 18.0 Å². The van der Waals surface area contributed by atoms with Gasteiger partial charge >= 0.3 is 0 Å². The number of nitrogens with one attached hydrogen (secondary N) is 1. The monoisotopic (exact) mass is 450 g/mol. The topological polar surface area (TPSA) is 79.1 Å². The fourth-order valence-corrected chi connectivity index (χ4v) is 4.74. The molecule has 7 nitrogen and oxygen atoms in total. The lowest BCUT2D eigenvalue weighted by Gasteiger charge is -2.21. The minimum absolute atomic E-state index is 0.128. The lowest BCUT2D eigenvalue weighted by molar-refractivity contribution is 0.332. The number of fused-ring (bicyclic) bond motifs is 2. The molecule has 1 atom stereocenters. The number of nitrogens with zero attached hydrogens (tertiary/aromatic N) is 5.